The van der Waals surface area contributed by atoms with Crippen LogP contribution in [0.3, 0.4) is 0 Å². The smallest absolute Gasteiger partial charge is 0.240 e. The number of hydrogen-bond acceptors (Lipinski definition) is 3. The van der Waals surface area contributed by atoms with Crippen molar-refractivity contribution in [3.05, 3.63) is 0 Å². The molecule has 1 saturated carbocycles. The van der Waals surface area contributed by atoms with E-state index in [1.807, 2.05) is 6.92 Å². The molecule has 0 radical (unpaired) electrons. The second-order valence-corrected chi connectivity index (χ2v) is 4.99. The van der Waals surface area contributed by atoms with Gasteiger partial charge in [-0.05, 0) is 25.7 Å². The van der Waals surface area contributed by atoms with Crippen LogP contribution in [0.2, 0.25) is 0 Å². The van der Waals surface area contributed by atoms with Crippen LogP contribution >= 0.6 is 0 Å². The van der Waals surface area contributed by atoms with E-state index in [0.29, 0.717) is 12.3 Å². The zero-order chi connectivity index (χ0) is 11.5. The Hall–Kier alpha value is -0.900. The average molecular weight is 224 g/mol. The van der Waals surface area contributed by atoms with Gasteiger partial charge < -0.3 is 5.11 Å². The SMILES string of the molecule is CC1=NNC(=O)C[C@H]1[C@H](O)C1CCCCC1. The number of amides is 1. The van der Waals surface area contributed by atoms with Gasteiger partial charge in [0.25, 0.3) is 0 Å². The van der Waals surface area contributed by atoms with Crippen molar-refractivity contribution in [2.75, 3.05) is 0 Å². The summed E-state index contributed by atoms with van der Waals surface area (Å²) < 4.78 is 0. The Morgan fingerprint density at radius 1 is 1.38 bits per heavy atom. The van der Waals surface area contributed by atoms with Gasteiger partial charge in [0.05, 0.1) is 6.10 Å². The molecule has 0 spiro atoms. The van der Waals surface area contributed by atoms with Crippen LogP contribution in [-0.2, 0) is 4.79 Å². The van der Waals surface area contributed by atoms with Crippen LogP contribution < -0.4 is 5.43 Å². The maximum Gasteiger partial charge on any atom is 0.240 e. The second kappa shape index (κ2) is 4.95. The summed E-state index contributed by atoms with van der Waals surface area (Å²) in [5.74, 6) is 0.206. The maximum atomic E-state index is 11.3. The predicted molar refractivity (Wildman–Crippen MR) is 61.9 cm³/mol. The molecular formula is C12H20N2O2. The quantitative estimate of drug-likeness (QED) is 0.745. The van der Waals surface area contributed by atoms with Gasteiger partial charge in [-0.25, -0.2) is 5.43 Å². The molecule has 0 aromatic rings. The van der Waals surface area contributed by atoms with Gasteiger partial charge in [0, 0.05) is 18.1 Å². The number of nitrogens with zero attached hydrogens (tertiary/aromatic N) is 1. The summed E-state index contributed by atoms with van der Waals surface area (Å²) in [7, 11) is 0. The lowest BCUT2D eigenvalue weighted by Crippen LogP contribution is -2.41. The Morgan fingerprint density at radius 3 is 2.75 bits per heavy atom. The lowest BCUT2D eigenvalue weighted by Gasteiger charge is -2.33. The van der Waals surface area contributed by atoms with E-state index in [0.717, 1.165) is 18.6 Å². The standard InChI is InChI=1S/C12H20N2O2/c1-8-10(7-11(15)14-13-8)12(16)9-5-3-2-4-6-9/h9-10,12,16H,2-7H2,1H3,(H,14,15)/t10-,12-/m1/s1. The fourth-order valence-electron chi connectivity index (χ4n) is 2.80. The molecule has 1 amide bonds. The highest BCUT2D eigenvalue weighted by Gasteiger charge is 2.33. The summed E-state index contributed by atoms with van der Waals surface area (Å²) in [6.07, 6.45) is 5.86. The fourth-order valence-corrected chi connectivity index (χ4v) is 2.80. The largest absolute Gasteiger partial charge is 0.392 e. The zero-order valence-electron chi connectivity index (χ0n) is 9.78. The molecule has 0 aromatic heterocycles. The summed E-state index contributed by atoms with van der Waals surface area (Å²) in [4.78, 5) is 11.3. The minimum absolute atomic E-state index is 0.0724. The monoisotopic (exact) mass is 224 g/mol. The molecule has 4 nitrogen and oxygen atoms in total. The summed E-state index contributed by atoms with van der Waals surface area (Å²) in [6, 6.07) is 0. The average Bonchev–Trinajstić information content (AvgIpc) is 2.32. The van der Waals surface area contributed by atoms with Crippen molar-refractivity contribution in [2.45, 2.75) is 51.6 Å². The molecule has 2 aliphatic rings. The fraction of sp³-hybridized carbons (Fsp3) is 0.833. The first-order valence-electron chi connectivity index (χ1n) is 6.19. The Labute approximate surface area is 96.1 Å². The van der Waals surface area contributed by atoms with E-state index in [-0.39, 0.29) is 11.8 Å². The van der Waals surface area contributed by atoms with Crippen LogP contribution in [0.25, 0.3) is 0 Å². The van der Waals surface area contributed by atoms with Crippen LogP contribution in [0.4, 0.5) is 0 Å². The molecule has 16 heavy (non-hydrogen) atoms. The van der Waals surface area contributed by atoms with E-state index in [1.54, 1.807) is 0 Å². The van der Waals surface area contributed by atoms with Gasteiger partial charge in [-0.2, -0.15) is 5.10 Å². The van der Waals surface area contributed by atoms with E-state index in [2.05, 4.69) is 10.5 Å². The van der Waals surface area contributed by atoms with E-state index >= 15 is 0 Å². The molecule has 0 aromatic carbocycles. The van der Waals surface area contributed by atoms with E-state index in [1.165, 1.54) is 19.3 Å². The molecule has 1 aliphatic heterocycles. The molecule has 1 aliphatic carbocycles. The lowest BCUT2D eigenvalue weighted by atomic mass is 9.77. The van der Waals surface area contributed by atoms with Gasteiger partial charge in [0.1, 0.15) is 0 Å². The van der Waals surface area contributed by atoms with Crippen molar-refractivity contribution in [3.63, 3.8) is 0 Å². The highest BCUT2D eigenvalue weighted by atomic mass is 16.3. The van der Waals surface area contributed by atoms with Gasteiger partial charge >= 0.3 is 0 Å². The van der Waals surface area contributed by atoms with Gasteiger partial charge in [-0.1, -0.05) is 19.3 Å². The number of nitrogens with one attached hydrogen (secondary N) is 1. The van der Waals surface area contributed by atoms with Crippen molar-refractivity contribution in [2.24, 2.45) is 16.9 Å². The minimum Gasteiger partial charge on any atom is -0.392 e. The normalized spacial score (nSPS) is 29.5. The van der Waals surface area contributed by atoms with Gasteiger partial charge in [-0.3, -0.25) is 4.79 Å². The molecule has 90 valence electrons. The maximum absolute atomic E-state index is 11.3. The minimum atomic E-state index is -0.393. The number of aliphatic hydroxyl groups is 1. The third-order valence-electron chi connectivity index (χ3n) is 3.84. The van der Waals surface area contributed by atoms with Crippen molar-refractivity contribution in [1.82, 2.24) is 5.43 Å². The van der Waals surface area contributed by atoms with Crippen molar-refractivity contribution in [3.8, 4) is 0 Å². The number of hydrogen-bond donors (Lipinski definition) is 2. The predicted octanol–water partition coefficient (Wildman–Crippen LogP) is 1.44. The third-order valence-corrected chi connectivity index (χ3v) is 3.84. The van der Waals surface area contributed by atoms with Crippen LogP contribution in [0.15, 0.2) is 5.10 Å². The van der Waals surface area contributed by atoms with E-state index in [9.17, 15) is 9.90 Å². The number of aliphatic hydroxyl groups excluding tert-OH is 1. The van der Waals surface area contributed by atoms with Crippen LogP contribution in [0.5, 0.6) is 0 Å². The number of carbonyl (C=O) groups excluding carboxylic acids is 1. The molecular weight excluding hydrogens is 204 g/mol. The molecule has 1 fully saturated rings. The Morgan fingerprint density at radius 2 is 2.06 bits per heavy atom. The number of rotatable bonds is 2. The van der Waals surface area contributed by atoms with Gasteiger partial charge in [0.2, 0.25) is 5.91 Å². The molecule has 1 heterocycles. The van der Waals surface area contributed by atoms with Gasteiger partial charge in [0.15, 0.2) is 0 Å². The highest BCUT2D eigenvalue weighted by molar-refractivity contribution is 5.93. The summed E-state index contributed by atoms with van der Waals surface area (Å²) in [5.41, 5.74) is 3.32. The molecule has 0 saturated heterocycles. The summed E-state index contributed by atoms with van der Waals surface area (Å²) in [5, 5.41) is 14.3. The van der Waals surface area contributed by atoms with Crippen molar-refractivity contribution in [1.29, 1.82) is 0 Å². The zero-order valence-corrected chi connectivity index (χ0v) is 9.78. The van der Waals surface area contributed by atoms with Crippen molar-refractivity contribution >= 4 is 11.6 Å². The number of carbonyl (C=O) groups is 1. The lowest BCUT2D eigenvalue weighted by molar-refractivity contribution is -0.123. The third kappa shape index (κ3) is 2.43. The molecule has 4 heteroatoms. The van der Waals surface area contributed by atoms with Crippen molar-refractivity contribution < 1.29 is 9.90 Å². The molecule has 2 rings (SSSR count). The second-order valence-electron chi connectivity index (χ2n) is 4.99. The van der Waals surface area contributed by atoms with Gasteiger partial charge in [-0.15, -0.1) is 0 Å². The highest BCUT2D eigenvalue weighted by Crippen LogP contribution is 2.31. The summed E-state index contributed by atoms with van der Waals surface area (Å²) >= 11 is 0. The first-order chi connectivity index (χ1) is 7.68. The van der Waals surface area contributed by atoms with E-state index < -0.39 is 6.10 Å². The number of hydrazone groups is 1. The van der Waals surface area contributed by atoms with Crippen LogP contribution in [0.1, 0.15) is 45.4 Å². The van der Waals surface area contributed by atoms with Crippen LogP contribution in [0, 0.1) is 11.8 Å². The molecule has 2 atom stereocenters. The topological polar surface area (TPSA) is 61.7 Å². The van der Waals surface area contributed by atoms with E-state index in [4.69, 9.17) is 0 Å². The van der Waals surface area contributed by atoms with Crippen LogP contribution in [-0.4, -0.2) is 22.8 Å². The Kier molecular flexibility index (Phi) is 3.59. The summed E-state index contributed by atoms with van der Waals surface area (Å²) in [6.45, 7) is 1.89. The molecule has 2 N–H and O–H groups in total. The first kappa shape index (κ1) is 11.6. The molecule has 0 unspecified atom stereocenters. The first-order valence-corrected chi connectivity index (χ1v) is 6.19. The Bertz CT molecular complexity index is 295. The molecule has 0 bridgehead atoms. The Balaban J connectivity index is 2.02.